The Hall–Kier alpha value is -2.98. The van der Waals surface area contributed by atoms with Gasteiger partial charge in [0.1, 0.15) is 6.33 Å². The molecule has 4 rings (SSSR count). The summed E-state index contributed by atoms with van der Waals surface area (Å²) in [6, 6.07) is 12.0. The fraction of sp³-hybridized carbons (Fsp3) is 0.167. The number of nitrogens with one attached hydrogen (secondary N) is 1. The molecule has 0 saturated heterocycles. The van der Waals surface area contributed by atoms with Crippen LogP contribution in [0.25, 0.3) is 11.4 Å². The Balaban J connectivity index is 1.61. The van der Waals surface area contributed by atoms with E-state index in [1.807, 2.05) is 24.3 Å². The zero-order valence-electron chi connectivity index (χ0n) is 14.6. The van der Waals surface area contributed by atoms with Crippen LogP contribution < -0.4 is 14.8 Å². The Morgan fingerprint density at radius 1 is 1.14 bits per heavy atom. The summed E-state index contributed by atoms with van der Waals surface area (Å²) in [6.45, 7) is 0. The van der Waals surface area contributed by atoms with Crippen molar-refractivity contribution in [2.24, 2.45) is 0 Å². The SMILES string of the molecule is C[SH](O)Cc1cccc(Nc2ncnc(-c3cccc4c3OC(F)(F)O4)n2)c1. The van der Waals surface area contributed by atoms with Gasteiger partial charge < -0.3 is 19.3 Å². The van der Waals surface area contributed by atoms with Gasteiger partial charge in [-0.3, -0.25) is 0 Å². The van der Waals surface area contributed by atoms with Crippen molar-refractivity contribution >= 4 is 22.8 Å². The predicted octanol–water partition coefficient (Wildman–Crippen LogP) is 4.21. The maximum absolute atomic E-state index is 13.4. The molecule has 7 nitrogen and oxygen atoms in total. The van der Waals surface area contributed by atoms with Gasteiger partial charge in [0.15, 0.2) is 17.3 Å². The summed E-state index contributed by atoms with van der Waals surface area (Å²) in [6.07, 6.45) is -0.666. The molecule has 0 aliphatic carbocycles. The van der Waals surface area contributed by atoms with Crippen LogP contribution in [0.15, 0.2) is 48.8 Å². The van der Waals surface area contributed by atoms with Gasteiger partial charge in [0.05, 0.1) is 5.56 Å². The lowest BCUT2D eigenvalue weighted by Gasteiger charge is -2.11. The highest BCUT2D eigenvalue weighted by Crippen LogP contribution is 2.46. The van der Waals surface area contributed by atoms with Gasteiger partial charge in [-0.15, -0.1) is 20.0 Å². The summed E-state index contributed by atoms with van der Waals surface area (Å²) in [4.78, 5) is 12.4. The number of ether oxygens (including phenoxy) is 2. The zero-order valence-corrected chi connectivity index (χ0v) is 15.5. The third-order valence-corrected chi connectivity index (χ3v) is 4.66. The fourth-order valence-corrected chi connectivity index (χ4v) is 3.50. The van der Waals surface area contributed by atoms with E-state index in [4.69, 9.17) is 0 Å². The molecule has 0 amide bonds. The number of rotatable bonds is 5. The number of para-hydroxylation sites is 1. The third kappa shape index (κ3) is 3.97. The highest BCUT2D eigenvalue weighted by molar-refractivity contribution is 8.10. The normalized spacial score (nSPS) is 15.9. The molecular formula is C18H16F2N4O3S. The van der Waals surface area contributed by atoms with Crippen LogP contribution in [0.5, 0.6) is 11.5 Å². The topological polar surface area (TPSA) is 89.4 Å². The average molecular weight is 406 g/mol. The second-order valence-electron chi connectivity index (χ2n) is 6.07. The van der Waals surface area contributed by atoms with Crippen LogP contribution in [0.2, 0.25) is 0 Å². The van der Waals surface area contributed by atoms with Gasteiger partial charge in [0, 0.05) is 11.4 Å². The molecule has 0 bridgehead atoms. The zero-order chi connectivity index (χ0) is 19.7. The number of benzene rings is 2. The molecule has 10 heteroatoms. The smallest absolute Gasteiger partial charge is 0.395 e. The maximum atomic E-state index is 13.4. The second kappa shape index (κ2) is 7.21. The van der Waals surface area contributed by atoms with Crippen molar-refractivity contribution in [1.29, 1.82) is 0 Å². The minimum atomic E-state index is -3.72. The molecule has 28 heavy (non-hydrogen) atoms. The van der Waals surface area contributed by atoms with Crippen LogP contribution in [0.3, 0.4) is 0 Å². The predicted molar refractivity (Wildman–Crippen MR) is 102 cm³/mol. The summed E-state index contributed by atoms with van der Waals surface area (Å²) in [5.74, 6) is 0.790. The van der Waals surface area contributed by atoms with Crippen molar-refractivity contribution in [3.8, 4) is 22.9 Å². The summed E-state index contributed by atoms with van der Waals surface area (Å²) >= 11 is -1.05. The Labute approximate surface area is 161 Å². The van der Waals surface area contributed by atoms with Gasteiger partial charge in [-0.25, -0.2) is 9.97 Å². The van der Waals surface area contributed by atoms with E-state index in [2.05, 4.69) is 29.7 Å². The molecule has 1 atom stereocenters. The molecule has 0 radical (unpaired) electrons. The number of anilines is 2. The Bertz CT molecular complexity index is 1020. The van der Waals surface area contributed by atoms with Crippen molar-refractivity contribution in [2.45, 2.75) is 12.0 Å². The van der Waals surface area contributed by atoms with E-state index in [0.29, 0.717) is 5.75 Å². The molecule has 0 spiro atoms. The van der Waals surface area contributed by atoms with E-state index in [0.717, 1.165) is 11.3 Å². The molecule has 0 fully saturated rings. The second-order valence-corrected chi connectivity index (χ2v) is 7.71. The van der Waals surface area contributed by atoms with E-state index in [1.165, 1.54) is 12.4 Å². The number of aromatic nitrogens is 3. The van der Waals surface area contributed by atoms with Crippen LogP contribution >= 0.6 is 11.2 Å². The highest BCUT2D eigenvalue weighted by atomic mass is 32.2. The lowest BCUT2D eigenvalue weighted by atomic mass is 10.2. The molecule has 146 valence electrons. The van der Waals surface area contributed by atoms with E-state index in [9.17, 15) is 13.3 Å². The fourth-order valence-electron chi connectivity index (χ4n) is 2.77. The van der Waals surface area contributed by atoms with Gasteiger partial charge in [-0.05, 0) is 36.1 Å². The average Bonchev–Trinajstić information content (AvgIpc) is 2.95. The molecule has 3 aromatic rings. The third-order valence-electron chi connectivity index (χ3n) is 3.84. The molecule has 2 N–H and O–H groups in total. The van der Waals surface area contributed by atoms with Gasteiger partial charge in [0.2, 0.25) is 5.95 Å². The van der Waals surface area contributed by atoms with Gasteiger partial charge in [-0.1, -0.05) is 18.2 Å². The lowest BCUT2D eigenvalue weighted by Crippen LogP contribution is -2.26. The first-order valence-corrected chi connectivity index (χ1v) is 10.2. The van der Waals surface area contributed by atoms with Crippen molar-refractivity contribution in [3.05, 3.63) is 54.4 Å². The maximum Gasteiger partial charge on any atom is 0.586 e. The number of nitrogens with zero attached hydrogens (tertiary/aromatic N) is 3. The number of halogens is 2. The molecule has 1 aliphatic rings. The van der Waals surface area contributed by atoms with E-state index in [1.54, 1.807) is 18.4 Å². The Morgan fingerprint density at radius 2 is 1.96 bits per heavy atom. The monoisotopic (exact) mass is 406 g/mol. The van der Waals surface area contributed by atoms with Crippen LogP contribution in [0.4, 0.5) is 20.4 Å². The molecular weight excluding hydrogens is 390 g/mol. The Morgan fingerprint density at radius 3 is 2.79 bits per heavy atom. The largest absolute Gasteiger partial charge is 0.586 e. The van der Waals surface area contributed by atoms with Gasteiger partial charge in [-0.2, -0.15) is 4.98 Å². The molecule has 1 aromatic heterocycles. The highest BCUT2D eigenvalue weighted by Gasteiger charge is 2.44. The van der Waals surface area contributed by atoms with Crippen LogP contribution in [-0.2, 0) is 5.75 Å². The van der Waals surface area contributed by atoms with E-state index >= 15 is 0 Å². The first-order valence-electron chi connectivity index (χ1n) is 8.24. The van der Waals surface area contributed by atoms with Crippen molar-refractivity contribution in [3.63, 3.8) is 0 Å². The van der Waals surface area contributed by atoms with E-state index in [-0.39, 0.29) is 28.8 Å². The summed E-state index contributed by atoms with van der Waals surface area (Å²) < 4.78 is 45.5. The van der Waals surface area contributed by atoms with Crippen LogP contribution in [-0.4, -0.2) is 32.1 Å². The minimum absolute atomic E-state index is 0.0785. The van der Waals surface area contributed by atoms with Gasteiger partial charge >= 0.3 is 6.29 Å². The standard InChI is InChI=1S/C18H16F2N4O3S/c1-28(25)9-11-4-2-5-12(8-11)23-17-22-10-21-16(24-17)13-6-3-7-14-15(13)27-18(19,20)26-14/h2-8,10,25,28H,9H2,1H3,(H,21,22,23,24). The number of fused-ring (bicyclic) bond motifs is 1. The quantitative estimate of drug-likeness (QED) is 0.547. The van der Waals surface area contributed by atoms with Crippen molar-refractivity contribution < 1.29 is 22.8 Å². The van der Waals surface area contributed by atoms with Crippen LogP contribution in [0, 0.1) is 0 Å². The minimum Gasteiger partial charge on any atom is -0.395 e. The molecule has 2 heterocycles. The molecule has 1 aliphatic heterocycles. The molecule has 0 saturated carbocycles. The summed E-state index contributed by atoms with van der Waals surface area (Å²) in [7, 11) is 0. The summed E-state index contributed by atoms with van der Waals surface area (Å²) in [5.41, 5.74) is 1.98. The molecule has 1 unspecified atom stereocenters. The summed E-state index contributed by atoms with van der Waals surface area (Å²) in [5, 5.41) is 3.05. The number of thiol groups is 1. The van der Waals surface area contributed by atoms with Crippen molar-refractivity contribution in [1.82, 2.24) is 15.0 Å². The Kier molecular flexibility index (Phi) is 4.73. The van der Waals surface area contributed by atoms with Crippen molar-refractivity contribution in [2.75, 3.05) is 11.6 Å². The molecule has 2 aromatic carbocycles. The first-order chi connectivity index (χ1) is 13.4. The van der Waals surface area contributed by atoms with Crippen LogP contribution in [0.1, 0.15) is 5.56 Å². The first kappa shape index (κ1) is 18.4. The van der Waals surface area contributed by atoms with Gasteiger partial charge in [0.25, 0.3) is 0 Å². The van der Waals surface area contributed by atoms with E-state index < -0.39 is 17.5 Å². The number of hydrogen-bond acceptors (Lipinski definition) is 7. The lowest BCUT2D eigenvalue weighted by molar-refractivity contribution is -0.286. The number of alkyl halides is 2. The number of hydrogen-bond donors (Lipinski definition) is 3.